The van der Waals surface area contributed by atoms with E-state index in [1.165, 1.54) is 4.68 Å². The van der Waals surface area contributed by atoms with Gasteiger partial charge in [0.1, 0.15) is 5.69 Å². The molecule has 1 unspecified atom stereocenters. The Balaban J connectivity index is 2.06. The minimum Gasteiger partial charge on any atom is -0.344 e. The van der Waals surface area contributed by atoms with Gasteiger partial charge < -0.3 is 5.32 Å². The van der Waals surface area contributed by atoms with Crippen LogP contribution in [0.4, 0.5) is 0 Å². The maximum absolute atomic E-state index is 11.8. The highest BCUT2D eigenvalue weighted by molar-refractivity contribution is 5.92. The van der Waals surface area contributed by atoms with Crippen molar-refractivity contribution in [2.75, 3.05) is 0 Å². The third-order valence-electron chi connectivity index (χ3n) is 2.42. The van der Waals surface area contributed by atoms with E-state index in [4.69, 9.17) is 0 Å². The largest absolute Gasteiger partial charge is 0.344 e. The minimum atomic E-state index is -0.145. The first kappa shape index (κ1) is 10.4. The van der Waals surface area contributed by atoms with E-state index in [9.17, 15) is 4.79 Å². The lowest BCUT2D eigenvalue weighted by Gasteiger charge is -2.11. The van der Waals surface area contributed by atoms with Crippen LogP contribution in [0.5, 0.6) is 0 Å². The molecule has 16 heavy (non-hydrogen) atoms. The molecule has 0 aliphatic heterocycles. The minimum absolute atomic E-state index is 0.0823. The van der Waals surface area contributed by atoms with Gasteiger partial charge in [-0.2, -0.15) is 10.2 Å². The Labute approximate surface area is 92.7 Å². The molecule has 0 bridgehead atoms. The lowest BCUT2D eigenvalue weighted by molar-refractivity contribution is 0.0930. The van der Waals surface area contributed by atoms with Crippen LogP contribution in [0.15, 0.2) is 24.7 Å². The molecule has 0 aliphatic rings. The van der Waals surface area contributed by atoms with Crippen molar-refractivity contribution in [3.63, 3.8) is 0 Å². The Morgan fingerprint density at radius 3 is 3.00 bits per heavy atom. The Morgan fingerprint density at radius 2 is 2.44 bits per heavy atom. The fourth-order valence-electron chi connectivity index (χ4n) is 1.45. The molecule has 1 atom stereocenters. The average molecular weight is 219 g/mol. The van der Waals surface area contributed by atoms with Gasteiger partial charge in [0, 0.05) is 25.0 Å². The number of aromatic nitrogens is 4. The monoisotopic (exact) mass is 219 g/mol. The van der Waals surface area contributed by atoms with Gasteiger partial charge in [0.05, 0.1) is 12.2 Å². The Bertz CT molecular complexity index is 473. The first-order valence-electron chi connectivity index (χ1n) is 4.96. The predicted octanol–water partition coefficient (Wildman–Crippen LogP) is 0.634. The van der Waals surface area contributed by atoms with Crippen LogP contribution >= 0.6 is 0 Å². The highest BCUT2D eigenvalue weighted by Crippen LogP contribution is 2.10. The molecule has 0 spiro atoms. The van der Waals surface area contributed by atoms with E-state index in [0.29, 0.717) is 5.69 Å². The summed E-state index contributed by atoms with van der Waals surface area (Å²) in [4.78, 5) is 11.8. The van der Waals surface area contributed by atoms with E-state index in [0.717, 1.165) is 5.56 Å². The quantitative estimate of drug-likeness (QED) is 0.795. The molecule has 0 aliphatic carbocycles. The lowest BCUT2D eigenvalue weighted by atomic mass is 10.2. The fourth-order valence-corrected chi connectivity index (χ4v) is 1.45. The van der Waals surface area contributed by atoms with E-state index >= 15 is 0 Å². The zero-order valence-corrected chi connectivity index (χ0v) is 9.14. The first-order valence-corrected chi connectivity index (χ1v) is 4.96. The van der Waals surface area contributed by atoms with Gasteiger partial charge in [-0.25, -0.2) is 0 Å². The second-order valence-electron chi connectivity index (χ2n) is 3.57. The second-order valence-corrected chi connectivity index (χ2v) is 3.57. The van der Waals surface area contributed by atoms with Gasteiger partial charge in [0.25, 0.3) is 5.91 Å². The van der Waals surface area contributed by atoms with Crippen molar-refractivity contribution in [2.24, 2.45) is 7.05 Å². The van der Waals surface area contributed by atoms with E-state index in [1.807, 2.05) is 6.92 Å². The van der Waals surface area contributed by atoms with Crippen molar-refractivity contribution in [2.45, 2.75) is 13.0 Å². The number of carbonyl (C=O) groups is 1. The summed E-state index contributed by atoms with van der Waals surface area (Å²) in [7, 11) is 1.73. The van der Waals surface area contributed by atoms with Crippen LogP contribution in [0.25, 0.3) is 0 Å². The topological polar surface area (TPSA) is 75.6 Å². The molecular weight excluding hydrogens is 206 g/mol. The molecule has 6 heteroatoms. The molecule has 0 aromatic carbocycles. The normalized spacial score (nSPS) is 12.4. The summed E-state index contributed by atoms with van der Waals surface area (Å²) in [6.07, 6.45) is 5.04. The Morgan fingerprint density at radius 1 is 1.62 bits per heavy atom. The average Bonchev–Trinajstić information content (AvgIpc) is 2.86. The zero-order chi connectivity index (χ0) is 11.5. The summed E-state index contributed by atoms with van der Waals surface area (Å²) in [5.41, 5.74) is 1.48. The molecule has 0 fully saturated rings. The summed E-state index contributed by atoms with van der Waals surface area (Å²) in [5.74, 6) is -0.145. The molecule has 2 N–H and O–H groups in total. The van der Waals surface area contributed by atoms with Crippen LogP contribution in [-0.2, 0) is 7.05 Å². The number of aryl methyl sites for hydroxylation is 1. The third kappa shape index (κ3) is 1.95. The number of H-pyrrole nitrogens is 1. The first-order chi connectivity index (χ1) is 7.68. The van der Waals surface area contributed by atoms with Crippen molar-refractivity contribution in [3.05, 3.63) is 35.9 Å². The highest BCUT2D eigenvalue weighted by Gasteiger charge is 2.14. The summed E-state index contributed by atoms with van der Waals surface area (Å²) in [5, 5.41) is 13.4. The predicted molar refractivity (Wildman–Crippen MR) is 57.7 cm³/mol. The molecular formula is C10H13N5O. The number of rotatable bonds is 3. The maximum Gasteiger partial charge on any atom is 0.270 e. The van der Waals surface area contributed by atoms with E-state index in [2.05, 4.69) is 20.6 Å². The van der Waals surface area contributed by atoms with Crippen LogP contribution in [-0.4, -0.2) is 25.9 Å². The van der Waals surface area contributed by atoms with Crippen LogP contribution in [0.3, 0.4) is 0 Å². The van der Waals surface area contributed by atoms with E-state index < -0.39 is 0 Å². The number of amides is 1. The van der Waals surface area contributed by atoms with Crippen molar-refractivity contribution in [1.82, 2.24) is 25.3 Å². The number of nitrogens with zero attached hydrogens (tertiary/aromatic N) is 3. The molecule has 2 aromatic heterocycles. The van der Waals surface area contributed by atoms with Gasteiger partial charge in [-0.05, 0) is 13.0 Å². The van der Waals surface area contributed by atoms with Gasteiger partial charge in [-0.3, -0.25) is 14.6 Å². The lowest BCUT2D eigenvalue weighted by Crippen LogP contribution is -2.28. The number of hydrogen-bond donors (Lipinski definition) is 2. The number of nitrogens with one attached hydrogen (secondary N) is 2. The van der Waals surface area contributed by atoms with Gasteiger partial charge in [-0.15, -0.1) is 0 Å². The third-order valence-corrected chi connectivity index (χ3v) is 2.42. The van der Waals surface area contributed by atoms with Gasteiger partial charge in [0.2, 0.25) is 0 Å². The van der Waals surface area contributed by atoms with Crippen molar-refractivity contribution < 1.29 is 4.79 Å². The summed E-state index contributed by atoms with van der Waals surface area (Å²) in [6, 6.07) is 1.60. The zero-order valence-electron chi connectivity index (χ0n) is 9.14. The highest BCUT2D eigenvalue weighted by atomic mass is 16.2. The molecule has 1 amide bonds. The fraction of sp³-hybridized carbons (Fsp3) is 0.300. The maximum atomic E-state index is 11.8. The van der Waals surface area contributed by atoms with Crippen molar-refractivity contribution in [3.8, 4) is 0 Å². The number of hydrogen-bond acceptors (Lipinski definition) is 3. The van der Waals surface area contributed by atoms with E-state index in [1.54, 1.807) is 31.7 Å². The van der Waals surface area contributed by atoms with Crippen molar-refractivity contribution in [1.29, 1.82) is 0 Å². The van der Waals surface area contributed by atoms with Crippen LogP contribution in [0.1, 0.15) is 29.0 Å². The van der Waals surface area contributed by atoms with Crippen LogP contribution < -0.4 is 5.32 Å². The number of aromatic amines is 1. The summed E-state index contributed by atoms with van der Waals surface area (Å²) >= 11 is 0. The van der Waals surface area contributed by atoms with Gasteiger partial charge in [0.15, 0.2) is 0 Å². The second kappa shape index (κ2) is 4.18. The molecule has 0 saturated carbocycles. The van der Waals surface area contributed by atoms with Crippen molar-refractivity contribution >= 4 is 5.91 Å². The van der Waals surface area contributed by atoms with E-state index in [-0.39, 0.29) is 11.9 Å². The Kier molecular flexibility index (Phi) is 2.72. The molecule has 2 aromatic rings. The van der Waals surface area contributed by atoms with Gasteiger partial charge in [-0.1, -0.05) is 0 Å². The number of carbonyl (C=O) groups excluding carboxylic acids is 1. The molecule has 2 heterocycles. The van der Waals surface area contributed by atoms with Crippen LogP contribution in [0, 0.1) is 0 Å². The Hall–Kier alpha value is -2.11. The summed E-state index contributed by atoms with van der Waals surface area (Å²) in [6.45, 7) is 1.90. The van der Waals surface area contributed by atoms with Gasteiger partial charge >= 0.3 is 0 Å². The summed E-state index contributed by atoms with van der Waals surface area (Å²) < 4.78 is 1.54. The molecule has 2 rings (SSSR count). The molecule has 0 saturated heterocycles. The molecule has 84 valence electrons. The molecule has 6 nitrogen and oxygen atoms in total. The molecule has 0 radical (unpaired) electrons. The smallest absolute Gasteiger partial charge is 0.270 e. The standard InChI is InChI=1S/C10H13N5O/c1-7(8-5-11-12-6-8)14-10(16)9-3-4-13-15(9)2/h3-7H,1-2H3,(H,11,12)(H,14,16). The SMILES string of the molecule is CC(NC(=O)c1ccnn1C)c1cn[nH]c1. The van der Waals surface area contributed by atoms with Crippen LogP contribution in [0.2, 0.25) is 0 Å².